The lowest BCUT2D eigenvalue weighted by atomic mass is 10.2. The molecule has 1 aliphatic heterocycles. The molecular formula is C9H15F3N3P. The van der Waals surface area contributed by atoms with Gasteiger partial charge in [0.05, 0.1) is 13.8 Å². The molecular weight excluding hydrogens is 238 g/mol. The molecule has 92 valence electrons. The van der Waals surface area contributed by atoms with Crippen LogP contribution >= 0.6 is 8.35 Å². The van der Waals surface area contributed by atoms with E-state index in [0.717, 1.165) is 0 Å². The first kappa shape index (κ1) is 13.6. The summed E-state index contributed by atoms with van der Waals surface area (Å²) in [7, 11) is 0.312. The zero-order valence-electron chi connectivity index (χ0n) is 9.65. The van der Waals surface area contributed by atoms with Gasteiger partial charge in [0.2, 0.25) is 6.04 Å². The molecule has 1 aliphatic rings. The maximum absolute atomic E-state index is 12.7. The Morgan fingerprint density at radius 1 is 1.19 bits per heavy atom. The van der Waals surface area contributed by atoms with Crippen molar-refractivity contribution < 1.29 is 13.2 Å². The Kier molecular flexibility index (Phi) is 4.07. The van der Waals surface area contributed by atoms with Gasteiger partial charge in [0.1, 0.15) is 0 Å². The number of rotatable bonds is 3. The average molecular weight is 253 g/mol. The minimum Gasteiger partial charge on any atom is -0.266 e. The summed E-state index contributed by atoms with van der Waals surface area (Å²) in [5, 5.41) is 3.28. The van der Waals surface area contributed by atoms with E-state index in [4.69, 9.17) is 0 Å². The summed E-state index contributed by atoms with van der Waals surface area (Å²) in [6.07, 6.45) is -4.34. The van der Waals surface area contributed by atoms with Gasteiger partial charge in [-0.3, -0.25) is 4.90 Å². The first-order valence-electron chi connectivity index (χ1n) is 5.08. The quantitative estimate of drug-likeness (QED) is 0.707. The van der Waals surface area contributed by atoms with E-state index in [1.807, 2.05) is 27.7 Å². The van der Waals surface area contributed by atoms with Crippen molar-refractivity contribution in [2.75, 3.05) is 0 Å². The monoisotopic (exact) mass is 253 g/mol. The molecule has 0 spiro atoms. The second-order valence-electron chi connectivity index (χ2n) is 4.20. The molecule has 0 N–H and O–H groups in total. The second kappa shape index (κ2) is 4.80. The zero-order valence-corrected chi connectivity index (χ0v) is 10.5. The van der Waals surface area contributed by atoms with Crippen LogP contribution in [0.3, 0.4) is 0 Å². The van der Waals surface area contributed by atoms with E-state index in [2.05, 4.69) is 10.00 Å². The summed E-state index contributed by atoms with van der Waals surface area (Å²) in [6.45, 7) is 7.48. The molecule has 0 aromatic rings. The van der Waals surface area contributed by atoms with Crippen molar-refractivity contribution >= 4 is 13.8 Å². The van der Waals surface area contributed by atoms with Crippen LogP contribution in [0.15, 0.2) is 10.00 Å². The summed E-state index contributed by atoms with van der Waals surface area (Å²) in [4.78, 5) is 5.23. The molecule has 0 amide bonds. The third kappa shape index (κ3) is 2.80. The molecule has 0 saturated heterocycles. The van der Waals surface area contributed by atoms with Crippen molar-refractivity contribution in [3.05, 3.63) is 0 Å². The van der Waals surface area contributed by atoms with Gasteiger partial charge in [0.15, 0.2) is 0 Å². The zero-order chi connectivity index (χ0) is 12.5. The maximum Gasteiger partial charge on any atom is 0.418 e. The normalized spacial score (nSPS) is 22.4. The summed E-state index contributed by atoms with van der Waals surface area (Å²) in [6, 6.07) is -1.74. The summed E-state index contributed by atoms with van der Waals surface area (Å²) < 4.78 is 38.1. The highest BCUT2D eigenvalue weighted by molar-refractivity contribution is 7.39. The topological polar surface area (TPSA) is 28.0 Å². The first-order valence-corrected chi connectivity index (χ1v) is 5.92. The van der Waals surface area contributed by atoms with Crippen LogP contribution in [-0.2, 0) is 0 Å². The molecule has 0 fully saturated rings. The van der Waals surface area contributed by atoms with Crippen molar-refractivity contribution in [3.8, 4) is 0 Å². The van der Waals surface area contributed by atoms with Crippen molar-refractivity contribution in [1.82, 2.24) is 4.90 Å². The fourth-order valence-corrected chi connectivity index (χ4v) is 2.88. The molecule has 3 nitrogen and oxygen atoms in total. The maximum atomic E-state index is 12.7. The van der Waals surface area contributed by atoms with Gasteiger partial charge < -0.3 is 0 Å². The van der Waals surface area contributed by atoms with Crippen LogP contribution in [0.2, 0.25) is 0 Å². The number of halogens is 3. The predicted molar refractivity (Wildman–Crippen MR) is 58.7 cm³/mol. The van der Waals surface area contributed by atoms with Crippen LogP contribution in [-0.4, -0.2) is 34.6 Å². The lowest BCUT2D eigenvalue weighted by Crippen LogP contribution is -2.49. The van der Waals surface area contributed by atoms with Crippen LogP contribution in [0.4, 0.5) is 13.2 Å². The van der Waals surface area contributed by atoms with Gasteiger partial charge in [0.25, 0.3) is 0 Å². The lowest BCUT2D eigenvalue weighted by molar-refractivity contribution is -0.134. The first-order chi connectivity index (χ1) is 7.25. The molecule has 1 rings (SSSR count). The van der Waals surface area contributed by atoms with E-state index in [-0.39, 0.29) is 17.5 Å². The van der Waals surface area contributed by atoms with Crippen molar-refractivity contribution in [1.29, 1.82) is 0 Å². The van der Waals surface area contributed by atoms with Gasteiger partial charge in [-0.05, 0) is 27.7 Å². The summed E-state index contributed by atoms with van der Waals surface area (Å²) in [5.74, 6) is 0. The molecule has 0 radical (unpaired) electrons. The fraction of sp³-hybridized carbons (Fsp3) is 0.889. The van der Waals surface area contributed by atoms with Gasteiger partial charge in [0, 0.05) is 12.1 Å². The highest BCUT2D eigenvalue weighted by atomic mass is 31.1. The predicted octanol–water partition coefficient (Wildman–Crippen LogP) is 3.49. The van der Waals surface area contributed by atoms with Crippen LogP contribution < -0.4 is 0 Å². The van der Waals surface area contributed by atoms with E-state index < -0.39 is 12.2 Å². The molecule has 0 aromatic heterocycles. The van der Waals surface area contributed by atoms with Crippen LogP contribution in [0.25, 0.3) is 0 Å². The standard InChI is InChI=1S/C9H15F3N3P/c1-5(2)15(6(3)4)8-7(9(10,11)12)13-14-16-8/h5-7H,1-4H3. The van der Waals surface area contributed by atoms with Gasteiger partial charge in [-0.25, -0.2) is 0 Å². The minimum atomic E-state index is -4.34. The van der Waals surface area contributed by atoms with Crippen molar-refractivity contribution in [2.24, 2.45) is 10.00 Å². The minimum absolute atomic E-state index is 0.0100. The highest BCUT2D eigenvalue weighted by Crippen LogP contribution is 2.34. The lowest BCUT2D eigenvalue weighted by Gasteiger charge is -2.33. The third-order valence-corrected chi connectivity index (χ3v) is 3.12. The molecule has 0 aromatic carbocycles. The van der Waals surface area contributed by atoms with Gasteiger partial charge in [-0.2, -0.15) is 18.3 Å². The number of hydrogen-bond acceptors (Lipinski definition) is 3. The second-order valence-corrected chi connectivity index (χ2v) is 5.04. The molecule has 1 atom stereocenters. The van der Waals surface area contributed by atoms with Gasteiger partial charge in [-0.15, -0.1) is 4.88 Å². The largest absolute Gasteiger partial charge is 0.418 e. The molecule has 0 saturated carbocycles. The van der Waals surface area contributed by atoms with E-state index in [1.54, 1.807) is 4.90 Å². The average Bonchev–Trinajstić information content (AvgIpc) is 2.49. The number of alkyl halides is 3. The van der Waals surface area contributed by atoms with Crippen LogP contribution in [0, 0.1) is 0 Å². The van der Waals surface area contributed by atoms with Gasteiger partial charge >= 0.3 is 6.18 Å². The third-order valence-electron chi connectivity index (χ3n) is 2.25. The fourth-order valence-electron chi connectivity index (χ4n) is 1.76. The van der Waals surface area contributed by atoms with Crippen molar-refractivity contribution in [2.45, 2.75) is 52.0 Å². The Hall–Kier alpha value is -0.480. The Balaban J connectivity index is 2.96. The number of hydrogen-bond donors (Lipinski definition) is 0. The molecule has 0 bridgehead atoms. The molecule has 1 unspecified atom stereocenters. The van der Waals surface area contributed by atoms with Gasteiger partial charge in [-0.1, -0.05) is 0 Å². The van der Waals surface area contributed by atoms with E-state index in [1.165, 1.54) is 0 Å². The Bertz CT molecular complexity index is 302. The molecule has 1 heterocycles. The van der Waals surface area contributed by atoms with E-state index >= 15 is 0 Å². The molecule has 7 heteroatoms. The Morgan fingerprint density at radius 2 is 1.69 bits per heavy atom. The highest BCUT2D eigenvalue weighted by Gasteiger charge is 2.47. The summed E-state index contributed by atoms with van der Waals surface area (Å²) >= 11 is 0. The Morgan fingerprint density at radius 3 is 2.06 bits per heavy atom. The molecule has 16 heavy (non-hydrogen) atoms. The molecule has 0 aliphatic carbocycles. The number of nitrogens with zero attached hydrogens (tertiary/aromatic N) is 3. The van der Waals surface area contributed by atoms with E-state index in [0.29, 0.717) is 8.35 Å². The van der Waals surface area contributed by atoms with Crippen LogP contribution in [0.1, 0.15) is 27.7 Å². The van der Waals surface area contributed by atoms with Crippen molar-refractivity contribution in [3.63, 3.8) is 0 Å². The van der Waals surface area contributed by atoms with E-state index in [9.17, 15) is 13.2 Å². The smallest absolute Gasteiger partial charge is 0.266 e. The Labute approximate surface area is 94.6 Å². The van der Waals surface area contributed by atoms with Crippen LogP contribution in [0.5, 0.6) is 0 Å². The summed E-state index contributed by atoms with van der Waals surface area (Å²) in [5.41, 5.74) is 0.234. The SMILES string of the molecule is CC(C)N(C1=PN=NC1C(F)(F)F)C(C)C.